The van der Waals surface area contributed by atoms with Gasteiger partial charge in [-0.15, -0.1) is 0 Å². The highest BCUT2D eigenvalue weighted by atomic mass is 16.6. The maximum absolute atomic E-state index is 11.4. The van der Waals surface area contributed by atoms with Gasteiger partial charge in [0, 0.05) is 6.92 Å². The van der Waals surface area contributed by atoms with Crippen molar-refractivity contribution < 1.29 is 19.0 Å². The molecule has 3 aromatic rings. The third-order valence-corrected chi connectivity index (χ3v) is 4.45. The molecule has 0 amide bonds. The number of nitrogens with zero attached hydrogens (tertiary/aromatic N) is 4. The Morgan fingerprint density at radius 2 is 1.75 bits per heavy atom. The first kappa shape index (κ1) is 21.9. The molecule has 9 nitrogen and oxygen atoms in total. The van der Waals surface area contributed by atoms with Crippen molar-refractivity contribution in [2.24, 2.45) is 0 Å². The van der Waals surface area contributed by atoms with Crippen molar-refractivity contribution in [2.45, 2.75) is 6.92 Å². The van der Waals surface area contributed by atoms with Gasteiger partial charge in [0.15, 0.2) is 11.5 Å². The van der Waals surface area contributed by atoms with E-state index in [9.17, 15) is 15.3 Å². The Balaban J connectivity index is 2.16. The molecule has 0 bridgehead atoms. The van der Waals surface area contributed by atoms with E-state index in [2.05, 4.69) is 11.2 Å². The highest BCUT2D eigenvalue weighted by Crippen LogP contribution is 2.39. The van der Waals surface area contributed by atoms with Crippen LogP contribution in [0.25, 0.3) is 17.3 Å². The number of rotatable bonds is 6. The van der Waals surface area contributed by atoms with Crippen LogP contribution in [0.5, 0.6) is 17.2 Å². The number of ether oxygens (including phenoxy) is 3. The first-order valence-corrected chi connectivity index (χ1v) is 9.34. The summed E-state index contributed by atoms with van der Waals surface area (Å²) in [6, 6.07) is 16.3. The van der Waals surface area contributed by atoms with E-state index >= 15 is 0 Å². The predicted octanol–water partition coefficient (Wildman–Crippen LogP) is 3.33. The second-order valence-corrected chi connectivity index (χ2v) is 6.49. The van der Waals surface area contributed by atoms with Crippen molar-refractivity contribution in [3.8, 4) is 35.1 Å². The van der Waals surface area contributed by atoms with Crippen molar-refractivity contribution in [3.63, 3.8) is 0 Å². The molecule has 1 heterocycles. The van der Waals surface area contributed by atoms with E-state index in [1.165, 1.54) is 31.9 Å². The molecular formula is C23H19N5O4. The number of anilines is 1. The molecule has 0 saturated heterocycles. The normalized spacial score (nSPS) is 10.7. The number of carbonyl (C=O) groups is 1. The Kier molecular flexibility index (Phi) is 6.42. The van der Waals surface area contributed by atoms with Crippen LogP contribution in [0, 0.1) is 22.7 Å². The molecule has 0 aliphatic heterocycles. The standard InChI is InChI=1S/C23H19N5O4/c1-14(29)32-22-19(30-2)10-15(11-20(22)31-3)9-16(12-24)21-18(13-25)23(26)28(27-21)17-7-5-4-6-8-17/h4-11H,26H2,1-3H3/b16-9+. The summed E-state index contributed by atoms with van der Waals surface area (Å²) in [7, 11) is 2.83. The number of methoxy groups -OCH3 is 2. The molecule has 0 radical (unpaired) electrons. The Labute approximate surface area is 184 Å². The average molecular weight is 429 g/mol. The maximum atomic E-state index is 11.4. The molecular weight excluding hydrogens is 410 g/mol. The van der Waals surface area contributed by atoms with Gasteiger partial charge in [0.25, 0.3) is 0 Å². The number of hydrogen-bond donors (Lipinski definition) is 1. The molecule has 0 spiro atoms. The van der Waals surface area contributed by atoms with E-state index in [1.807, 2.05) is 24.3 Å². The third kappa shape index (κ3) is 4.23. The van der Waals surface area contributed by atoms with E-state index in [0.29, 0.717) is 11.3 Å². The van der Waals surface area contributed by atoms with E-state index in [1.54, 1.807) is 24.3 Å². The Hall–Kier alpha value is -4.76. The number of aromatic nitrogens is 2. The Morgan fingerprint density at radius 1 is 1.12 bits per heavy atom. The van der Waals surface area contributed by atoms with Gasteiger partial charge < -0.3 is 19.9 Å². The molecule has 160 valence electrons. The second-order valence-electron chi connectivity index (χ2n) is 6.49. The zero-order valence-electron chi connectivity index (χ0n) is 17.6. The number of allylic oxidation sites excluding steroid dienone is 1. The van der Waals surface area contributed by atoms with Gasteiger partial charge in [-0.25, -0.2) is 4.68 Å². The highest BCUT2D eigenvalue weighted by Gasteiger charge is 2.21. The SMILES string of the molecule is COc1cc(/C=C(\C#N)c2nn(-c3ccccc3)c(N)c2C#N)cc(OC)c1OC(C)=O. The molecule has 2 aromatic carbocycles. The molecule has 32 heavy (non-hydrogen) atoms. The van der Waals surface area contributed by atoms with Gasteiger partial charge in [-0.05, 0) is 35.9 Å². The van der Waals surface area contributed by atoms with Crippen LogP contribution in [0.3, 0.4) is 0 Å². The van der Waals surface area contributed by atoms with Crippen LogP contribution in [0.2, 0.25) is 0 Å². The molecule has 2 N–H and O–H groups in total. The summed E-state index contributed by atoms with van der Waals surface area (Å²) in [4.78, 5) is 11.4. The molecule has 0 fully saturated rings. The fourth-order valence-corrected chi connectivity index (χ4v) is 3.04. The smallest absolute Gasteiger partial charge is 0.308 e. The van der Waals surface area contributed by atoms with Crippen LogP contribution in [0.1, 0.15) is 23.7 Å². The number of hydrogen-bond acceptors (Lipinski definition) is 8. The average Bonchev–Trinajstić information content (AvgIpc) is 3.14. The van der Waals surface area contributed by atoms with Crippen LogP contribution in [-0.4, -0.2) is 30.0 Å². The topological polar surface area (TPSA) is 136 Å². The molecule has 0 atom stereocenters. The number of benzene rings is 2. The largest absolute Gasteiger partial charge is 0.493 e. The predicted molar refractivity (Wildman–Crippen MR) is 117 cm³/mol. The Morgan fingerprint density at radius 3 is 2.25 bits per heavy atom. The van der Waals surface area contributed by atoms with Gasteiger partial charge in [0.2, 0.25) is 5.75 Å². The second kappa shape index (κ2) is 9.37. The van der Waals surface area contributed by atoms with Gasteiger partial charge in [-0.3, -0.25) is 4.79 Å². The molecule has 0 aliphatic carbocycles. The van der Waals surface area contributed by atoms with E-state index < -0.39 is 5.97 Å². The number of nitrogens with two attached hydrogens (primary N) is 1. The monoisotopic (exact) mass is 429 g/mol. The van der Waals surface area contributed by atoms with Crippen molar-refractivity contribution in [3.05, 3.63) is 59.3 Å². The highest BCUT2D eigenvalue weighted by molar-refractivity contribution is 5.92. The number of carbonyl (C=O) groups excluding carboxylic acids is 1. The lowest BCUT2D eigenvalue weighted by molar-refractivity contribution is -0.132. The van der Waals surface area contributed by atoms with E-state index in [-0.39, 0.29) is 39.9 Å². The minimum absolute atomic E-state index is 0.0807. The summed E-state index contributed by atoms with van der Waals surface area (Å²) in [6.45, 7) is 1.26. The van der Waals surface area contributed by atoms with Crippen molar-refractivity contribution in [2.75, 3.05) is 20.0 Å². The van der Waals surface area contributed by atoms with Crippen LogP contribution >= 0.6 is 0 Å². The molecule has 1 aromatic heterocycles. The number of nitrogen functional groups attached to an aromatic ring is 1. The minimum Gasteiger partial charge on any atom is -0.493 e. The summed E-state index contributed by atoms with van der Waals surface area (Å²) in [5, 5.41) is 23.9. The number of nitriles is 2. The summed E-state index contributed by atoms with van der Waals surface area (Å²) in [5.41, 5.74) is 7.62. The van der Waals surface area contributed by atoms with Crippen LogP contribution in [0.4, 0.5) is 5.82 Å². The fraction of sp³-hybridized carbons (Fsp3) is 0.130. The molecule has 0 saturated carbocycles. The van der Waals surface area contributed by atoms with Crippen molar-refractivity contribution in [1.82, 2.24) is 9.78 Å². The molecule has 3 rings (SSSR count). The molecule has 0 aliphatic rings. The first-order valence-electron chi connectivity index (χ1n) is 9.34. The maximum Gasteiger partial charge on any atom is 0.308 e. The zero-order valence-corrected chi connectivity index (χ0v) is 17.6. The summed E-state index contributed by atoms with van der Waals surface area (Å²) in [5.74, 6) is 0.169. The van der Waals surface area contributed by atoms with Gasteiger partial charge in [-0.1, -0.05) is 18.2 Å². The van der Waals surface area contributed by atoms with Crippen molar-refractivity contribution in [1.29, 1.82) is 10.5 Å². The lowest BCUT2D eigenvalue weighted by Gasteiger charge is -2.13. The quantitative estimate of drug-likeness (QED) is 0.358. The minimum atomic E-state index is -0.539. The summed E-state index contributed by atoms with van der Waals surface area (Å²) >= 11 is 0. The fourth-order valence-electron chi connectivity index (χ4n) is 3.04. The summed E-state index contributed by atoms with van der Waals surface area (Å²) in [6.07, 6.45) is 1.51. The van der Waals surface area contributed by atoms with Crippen molar-refractivity contribution >= 4 is 23.4 Å². The van der Waals surface area contributed by atoms with E-state index in [4.69, 9.17) is 19.9 Å². The summed E-state index contributed by atoms with van der Waals surface area (Å²) < 4.78 is 17.2. The Bertz CT molecular complexity index is 1260. The van der Waals surface area contributed by atoms with Crippen LogP contribution < -0.4 is 19.9 Å². The molecule has 9 heteroatoms. The first-order chi connectivity index (χ1) is 15.4. The number of esters is 1. The lowest BCUT2D eigenvalue weighted by Crippen LogP contribution is -2.05. The van der Waals surface area contributed by atoms with Gasteiger partial charge in [-0.2, -0.15) is 15.6 Å². The van der Waals surface area contributed by atoms with Crippen LogP contribution in [0.15, 0.2) is 42.5 Å². The van der Waals surface area contributed by atoms with Gasteiger partial charge >= 0.3 is 5.97 Å². The van der Waals surface area contributed by atoms with Crippen LogP contribution in [-0.2, 0) is 4.79 Å². The molecule has 0 unspecified atom stereocenters. The van der Waals surface area contributed by atoms with Gasteiger partial charge in [0.05, 0.1) is 25.5 Å². The zero-order chi connectivity index (χ0) is 23.3. The lowest BCUT2D eigenvalue weighted by atomic mass is 10.1. The third-order valence-electron chi connectivity index (χ3n) is 4.45. The van der Waals surface area contributed by atoms with E-state index in [0.717, 1.165) is 0 Å². The number of para-hydroxylation sites is 1. The van der Waals surface area contributed by atoms with Gasteiger partial charge in [0.1, 0.15) is 29.2 Å².